The Hall–Kier alpha value is -2.01. The van der Waals surface area contributed by atoms with E-state index in [0.29, 0.717) is 18.1 Å². The highest BCUT2D eigenvalue weighted by Crippen LogP contribution is 2.31. The standard InChI is InChI=1S/C13H11N3OS/c1-2-17-13-11(10-6-4-8-18-10)15-9-5-3-7-14-12(9)16-13/h3-8H,2H2,1H3. The first-order chi connectivity index (χ1) is 8.88. The van der Waals surface area contributed by atoms with Crippen molar-refractivity contribution in [3.8, 4) is 16.5 Å². The SMILES string of the molecule is CCOc1nc2ncccc2nc1-c1cccs1. The molecule has 0 aliphatic rings. The number of aromatic nitrogens is 3. The summed E-state index contributed by atoms with van der Waals surface area (Å²) in [6.45, 7) is 2.49. The molecule has 18 heavy (non-hydrogen) atoms. The van der Waals surface area contributed by atoms with Crippen LogP contribution in [0.5, 0.6) is 5.88 Å². The fourth-order valence-electron chi connectivity index (χ4n) is 1.69. The number of hydrogen-bond acceptors (Lipinski definition) is 5. The van der Waals surface area contributed by atoms with Gasteiger partial charge in [-0.2, -0.15) is 4.98 Å². The molecule has 0 saturated heterocycles. The number of nitrogens with zero attached hydrogens (tertiary/aromatic N) is 3. The van der Waals surface area contributed by atoms with Crippen LogP contribution in [0.25, 0.3) is 21.7 Å². The van der Waals surface area contributed by atoms with E-state index in [1.807, 2.05) is 36.6 Å². The zero-order valence-corrected chi connectivity index (χ0v) is 10.6. The third-order valence-corrected chi connectivity index (χ3v) is 3.32. The molecule has 0 fully saturated rings. The molecule has 0 saturated carbocycles. The van der Waals surface area contributed by atoms with Crippen molar-refractivity contribution in [2.75, 3.05) is 6.61 Å². The smallest absolute Gasteiger partial charge is 0.243 e. The number of thiophene rings is 1. The second kappa shape index (κ2) is 4.70. The summed E-state index contributed by atoms with van der Waals surface area (Å²) in [6.07, 6.45) is 1.71. The molecule has 4 nitrogen and oxygen atoms in total. The van der Waals surface area contributed by atoms with Crippen LogP contribution < -0.4 is 4.74 Å². The normalized spacial score (nSPS) is 10.7. The van der Waals surface area contributed by atoms with Crippen LogP contribution in [0.2, 0.25) is 0 Å². The third-order valence-electron chi connectivity index (χ3n) is 2.44. The summed E-state index contributed by atoms with van der Waals surface area (Å²) < 4.78 is 5.56. The van der Waals surface area contributed by atoms with Gasteiger partial charge in [-0.15, -0.1) is 11.3 Å². The molecule has 3 aromatic heterocycles. The van der Waals surface area contributed by atoms with Crippen LogP contribution in [0, 0.1) is 0 Å². The van der Waals surface area contributed by atoms with Crippen molar-refractivity contribution in [2.45, 2.75) is 6.92 Å². The first kappa shape index (κ1) is 11.1. The van der Waals surface area contributed by atoms with Crippen LogP contribution in [-0.4, -0.2) is 21.6 Å². The minimum absolute atomic E-state index is 0.547. The van der Waals surface area contributed by atoms with Crippen molar-refractivity contribution in [1.29, 1.82) is 0 Å². The second-order valence-corrected chi connectivity index (χ2v) is 4.58. The van der Waals surface area contributed by atoms with E-state index >= 15 is 0 Å². The molecular weight excluding hydrogens is 246 g/mol. The van der Waals surface area contributed by atoms with Crippen molar-refractivity contribution < 1.29 is 4.74 Å². The first-order valence-electron chi connectivity index (χ1n) is 5.68. The number of ether oxygens (including phenoxy) is 1. The summed E-state index contributed by atoms with van der Waals surface area (Å²) in [6, 6.07) is 7.77. The Morgan fingerprint density at radius 1 is 1.22 bits per heavy atom. The van der Waals surface area contributed by atoms with E-state index in [-0.39, 0.29) is 0 Å². The number of rotatable bonds is 3. The van der Waals surface area contributed by atoms with Gasteiger partial charge in [0, 0.05) is 6.20 Å². The monoisotopic (exact) mass is 257 g/mol. The highest BCUT2D eigenvalue weighted by Gasteiger charge is 2.13. The fraction of sp³-hybridized carbons (Fsp3) is 0.154. The Balaban J connectivity index is 2.24. The lowest BCUT2D eigenvalue weighted by atomic mass is 10.3. The van der Waals surface area contributed by atoms with Gasteiger partial charge in [-0.1, -0.05) is 6.07 Å². The summed E-state index contributed by atoms with van der Waals surface area (Å²) in [7, 11) is 0. The molecule has 0 aliphatic carbocycles. The van der Waals surface area contributed by atoms with Gasteiger partial charge in [0.25, 0.3) is 0 Å². The average molecular weight is 257 g/mol. The maximum atomic E-state index is 5.56. The van der Waals surface area contributed by atoms with Gasteiger partial charge in [-0.05, 0) is 30.5 Å². The van der Waals surface area contributed by atoms with Crippen LogP contribution >= 0.6 is 11.3 Å². The third kappa shape index (κ3) is 1.93. The summed E-state index contributed by atoms with van der Waals surface area (Å²) >= 11 is 1.62. The van der Waals surface area contributed by atoms with Crippen LogP contribution in [0.1, 0.15) is 6.92 Å². The van der Waals surface area contributed by atoms with Gasteiger partial charge in [0.1, 0.15) is 11.2 Å². The molecule has 0 amide bonds. The Bertz CT molecular complexity index is 667. The predicted molar refractivity (Wildman–Crippen MR) is 71.8 cm³/mol. The lowest BCUT2D eigenvalue weighted by Crippen LogP contribution is -2.00. The van der Waals surface area contributed by atoms with Gasteiger partial charge in [0.05, 0.1) is 11.5 Å². The number of hydrogen-bond donors (Lipinski definition) is 0. The summed E-state index contributed by atoms with van der Waals surface area (Å²) in [4.78, 5) is 14.3. The fourth-order valence-corrected chi connectivity index (χ4v) is 2.40. The molecule has 0 aromatic carbocycles. The minimum atomic E-state index is 0.547. The zero-order chi connectivity index (χ0) is 12.4. The summed E-state index contributed by atoms with van der Waals surface area (Å²) in [5.74, 6) is 0.547. The van der Waals surface area contributed by atoms with Crippen molar-refractivity contribution >= 4 is 22.5 Å². The van der Waals surface area contributed by atoms with E-state index < -0.39 is 0 Å². The van der Waals surface area contributed by atoms with Gasteiger partial charge in [0.15, 0.2) is 5.65 Å². The quantitative estimate of drug-likeness (QED) is 0.723. The molecule has 0 N–H and O–H groups in total. The average Bonchev–Trinajstić information content (AvgIpc) is 2.92. The molecule has 0 unspecified atom stereocenters. The van der Waals surface area contributed by atoms with Gasteiger partial charge in [0.2, 0.25) is 5.88 Å². The maximum Gasteiger partial charge on any atom is 0.243 e. The lowest BCUT2D eigenvalue weighted by Gasteiger charge is -2.07. The van der Waals surface area contributed by atoms with E-state index in [9.17, 15) is 0 Å². The molecule has 5 heteroatoms. The van der Waals surface area contributed by atoms with Gasteiger partial charge in [-0.3, -0.25) is 0 Å². The van der Waals surface area contributed by atoms with E-state index in [4.69, 9.17) is 4.74 Å². The van der Waals surface area contributed by atoms with Crippen molar-refractivity contribution in [2.24, 2.45) is 0 Å². The Labute approximate surface area is 108 Å². The molecule has 0 bridgehead atoms. The molecule has 0 atom stereocenters. The summed E-state index contributed by atoms with van der Waals surface area (Å²) in [5, 5.41) is 2.01. The topological polar surface area (TPSA) is 47.9 Å². The molecule has 3 heterocycles. The van der Waals surface area contributed by atoms with Gasteiger partial charge in [-0.25, -0.2) is 9.97 Å². The molecule has 0 spiro atoms. The first-order valence-corrected chi connectivity index (χ1v) is 6.56. The van der Waals surface area contributed by atoms with Crippen molar-refractivity contribution in [3.05, 3.63) is 35.8 Å². The zero-order valence-electron chi connectivity index (χ0n) is 9.83. The summed E-state index contributed by atoms with van der Waals surface area (Å²) in [5.41, 5.74) is 2.18. The predicted octanol–water partition coefficient (Wildman–Crippen LogP) is 3.15. The van der Waals surface area contributed by atoms with E-state index in [2.05, 4.69) is 15.0 Å². The Morgan fingerprint density at radius 2 is 2.17 bits per heavy atom. The molecule has 90 valence electrons. The molecule has 0 aliphatic heterocycles. The highest BCUT2D eigenvalue weighted by molar-refractivity contribution is 7.13. The van der Waals surface area contributed by atoms with Crippen molar-refractivity contribution in [3.63, 3.8) is 0 Å². The van der Waals surface area contributed by atoms with Crippen molar-refractivity contribution in [1.82, 2.24) is 15.0 Å². The Kier molecular flexibility index (Phi) is 2.90. The van der Waals surface area contributed by atoms with E-state index in [0.717, 1.165) is 16.1 Å². The molecular formula is C13H11N3OS. The Morgan fingerprint density at radius 3 is 2.94 bits per heavy atom. The van der Waals surface area contributed by atoms with Crippen LogP contribution in [-0.2, 0) is 0 Å². The lowest BCUT2D eigenvalue weighted by molar-refractivity contribution is 0.328. The number of fused-ring (bicyclic) bond motifs is 1. The van der Waals surface area contributed by atoms with Crippen LogP contribution in [0.4, 0.5) is 0 Å². The van der Waals surface area contributed by atoms with Crippen LogP contribution in [0.15, 0.2) is 35.8 Å². The van der Waals surface area contributed by atoms with E-state index in [1.165, 1.54) is 0 Å². The molecule has 0 radical (unpaired) electrons. The number of pyridine rings is 1. The minimum Gasteiger partial charge on any atom is -0.476 e. The van der Waals surface area contributed by atoms with E-state index in [1.54, 1.807) is 17.5 Å². The second-order valence-electron chi connectivity index (χ2n) is 3.63. The van der Waals surface area contributed by atoms with Gasteiger partial charge < -0.3 is 4.74 Å². The maximum absolute atomic E-state index is 5.56. The molecule has 3 rings (SSSR count). The molecule has 3 aromatic rings. The van der Waals surface area contributed by atoms with Crippen LogP contribution in [0.3, 0.4) is 0 Å². The van der Waals surface area contributed by atoms with Gasteiger partial charge >= 0.3 is 0 Å². The highest BCUT2D eigenvalue weighted by atomic mass is 32.1. The largest absolute Gasteiger partial charge is 0.476 e.